The molecule has 104 valence electrons. The maximum atomic E-state index is 13.4. The summed E-state index contributed by atoms with van der Waals surface area (Å²) >= 11 is 0. The summed E-state index contributed by atoms with van der Waals surface area (Å²) < 4.78 is 22.5. The number of carbonyl (C=O) groups is 2. The topological polar surface area (TPSA) is 64.6 Å². The van der Waals surface area contributed by atoms with Crippen LogP contribution in [0.25, 0.3) is 0 Å². The summed E-state index contributed by atoms with van der Waals surface area (Å²) in [5.41, 5.74) is 0.256. The Morgan fingerprint density at radius 1 is 1.32 bits per heavy atom. The lowest BCUT2D eigenvalue weighted by molar-refractivity contribution is -0.141. The highest BCUT2D eigenvalue weighted by Gasteiger charge is 2.18. The van der Waals surface area contributed by atoms with Crippen molar-refractivity contribution in [2.45, 2.75) is 19.4 Å². The molecule has 19 heavy (non-hydrogen) atoms. The zero-order valence-electron chi connectivity index (χ0n) is 11.0. The van der Waals surface area contributed by atoms with E-state index in [-0.39, 0.29) is 5.56 Å². The lowest BCUT2D eigenvalue weighted by Gasteiger charge is -2.16. The summed E-state index contributed by atoms with van der Waals surface area (Å²) in [6, 6.07) is 3.32. The highest BCUT2D eigenvalue weighted by molar-refractivity contribution is 5.91. The lowest BCUT2D eigenvalue weighted by atomic mass is 10.1. The number of carbonyl (C=O) groups excluding carboxylic acids is 2. The van der Waals surface area contributed by atoms with E-state index in [4.69, 9.17) is 0 Å². The average molecular weight is 269 g/mol. The first-order chi connectivity index (χ1) is 9.03. The molecular weight excluding hydrogens is 253 g/mol. The third-order valence-corrected chi connectivity index (χ3v) is 2.61. The van der Waals surface area contributed by atoms with E-state index < -0.39 is 23.8 Å². The summed E-state index contributed by atoms with van der Waals surface area (Å²) in [6.45, 7) is 1.80. The van der Waals surface area contributed by atoms with Crippen molar-refractivity contribution in [1.29, 1.82) is 0 Å². The van der Waals surface area contributed by atoms with Gasteiger partial charge >= 0.3 is 11.9 Å². The van der Waals surface area contributed by atoms with Crippen molar-refractivity contribution >= 4 is 17.6 Å². The lowest BCUT2D eigenvalue weighted by Crippen LogP contribution is -2.29. The summed E-state index contributed by atoms with van der Waals surface area (Å²) in [5, 5.41) is 2.88. The number of hydrogen-bond donors (Lipinski definition) is 1. The summed E-state index contributed by atoms with van der Waals surface area (Å²) in [4.78, 5) is 22.8. The first-order valence-corrected chi connectivity index (χ1v) is 5.75. The molecule has 0 radical (unpaired) electrons. The second-order valence-electron chi connectivity index (χ2n) is 3.81. The van der Waals surface area contributed by atoms with Crippen LogP contribution in [0.4, 0.5) is 10.1 Å². The molecule has 1 aromatic rings. The maximum Gasteiger partial charge on any atom is 0.340 e. The van der Waals surface area contributed by atoms with Crippen molar-refractivity contribution < 1.29 is 23.5 Å². The smallest absolute Gasteiger partial charge is 0.340 e. The van der Waals surface area contributed by atoms with E-state index in [0.717, 1.165) is 6.07 Å². The zero-order valence-corrected chi connectivity index (χ0v) is 11.0. The maximum absolute atomic E-state index is 13.4. The van der Waals surface area contributed by atoms with E-state index in [9.17, 15) is 14.0 Å². The summed E-state index contributed by atoms with van der Waals surface area (Å²) in [6.07, 6.45) is 0.498. The van der Waals surface area contributed by atoms with Gasteiger partial charge in [0.1, 0.15) is 11.9 Å². The second kappa shape index (κ2) is 6.72. The van der Waals surface area contributed by atoms with Crippen molar-refractivity contribution in [3.05, 3.63) is 29.6 Å². The molecule has 0 fully saturated rings. The van der Waals surface area contributed by atoms with Gasteiger partial charge in [0.15, 0.2) is 0 Å². The first kappa shape index (κ1) is 14.9. The molecule has 1 atom stereocenters. The molecule has 1 unspecified atom stereocenters. The average Bonchev–Trinajstić information content (AvgIpc) is 2.44. The SMILES string of the molecule is CCC(Nc1ccc(F)c(C(=O)OC)c1)C(=O)OC. The van der Waals surface area contributed by atoms with Crippen molar-refractivity contribution in [2.24, 2.45) is 0 Å². The van der Waals surface area contributed by atoms with Crippen molar-refractivity contribution in [2.75, 3.05) is 19.5 Å². The molecule has 0 heterocycles. The summed E-state index contributed by atoms with van der Waals surface area (Å²) in [7, 11) is 2.46. The Morgan fingerprint density at radius 2 is 2.00 bits per heavy atom. The van der Waals surface area contributed by atoms with Crippen LogP contribution >= 0.6 is 0 Å². The van der Waals surface area contributed by atoms with Crippen LogP contribution in [-0.4, -0.2) is 32.2 Å². The number of methoxy groups -OCH3 is 2. The van der Waals surface area contributed by atoms with Crippen molar-refractivity contribution in [3.63, 3.8) is 0 Å². The Morgan fingerprint density at radius 3 is 2.53 bits per heavy atom. The minimum Gasteiger partial charge on any atom is -0.467 e. The first-order valence-electron chi connectivity index (χ1n) is 5.75. The van der Waals surface area contributed by atoms with Crippen LogP contribution < -0.4 is 5.32 Å². The van der Waals surface area contributed by atoms with Crippen molar-refractivity contribution in [3.8, 4) is 0 Å². The number of anilines is 1. The van der Waals surface area contributed by atoms with E-state index in [1.54, 1.807) is 6.92 Å². The third kappa shape index (κ3) is 3.67. The van der Waals surface area contributed by atoms with E-state index in [1.165, 1.54) is 26.4 Å². The third-order valence-electron chi connectivity index (χ3n) is 2.61. The van der Waals surface area contributed by atoms with Crippen molar-refractivity contribution in [1.82, 2.24) is 0 Å². The van der Waals surface area contributed by atoms with E-state index in [2.05, 4.69) is 14.8 Å². The molecule has 1 aromatic carbocycles. The van der Waals surface area contributed by atoms with Gasteiger partial charge < -0.3 is 14.8 Å². The fraction of sp³-hybridized carbons (Fsp3) is 0.385. The van der Waals surface area contributed by atoms with Gasteiger partial charge in [0, 0.05) is 5.69 Å². The Labute approximate surface area is 110 Å². The quantitative estimate of drug-likeness (QED) is 0.828. The fourth-order valence-electron chi connectivity index (χ4n) is 1.55. The molecule has 0 aromatic heterocycles. The van der Waals surface area contributed by atoms with Crippen LogP contribution in [0.5, 0.6) is 0 Å². The number of ether oxygens (including phenoxy) is 2. The normalized spacial score (nSPS) is 11.6. The molecular formula is C13H16FNO4. The zero-order chi connectivity index (χ0) is 14.4. The number of halogens is 1. The fourth-order valence-corrected chi connectivity index (χ4v) is 1.55. The minimum absolute atomic E-state index is 0.188. The predicted molar refractivity (Wildman–Crippen MR) is 67.5 cm³/mol. The molecule has 1 rings (SSSR count). The Bertz CT molecular complexity index is 476. The van der Waals surface area contributed by atoms with Crippen LogP contribution in [0, 0.1) is 5.82 Å². The molecule has 0 saturated heterocycles. The monoisotopic (exact) mass is 269 g/mol. The molecule has 0 aliphatic heterocycles. The van der Waals surface area contributed by atoms with Gasteiger partial charge in [-0.1, -0.05) is 6.92 Å². The Kier molecular flexibility index (Phi) is 5.29. The van der Waals surface area contributed by atoms with Crippen LogP contribution in [0.3, 0.4) is 0 Å². The number of esters is 2. The van der Waals surface area contributed by atoms with Gasteiger partial charge in [-0.05, 0) is 24.6 Å². The molecule has 0 aliphatic carbocycles. The van der Waals surface area contributed by atoms with Gasteiger partial charge in [-0.15, -0.1) is 0 Å². The van der Waals surface area contributed by atoms with E-state index >= 15 is 0 Å². The van der Waals surface area contributed by atoms with Gasteiger partial charge in [-0.2, -0.15) is 0 Å². The van der Waals surface area contributed by atoms with Crippen LogP contribution in [0.2, 0.25) is 0 Å². The number of rotatable bonds is 5. The van der Waals surface area contributed by atoms with Gasteiger partial charge in [0.05, 0.1) is 19.8 Å². The molecule has 1 N–H and O–H groups in total. The predicted octanol–water partition coefficient (Wildman–Crippen LogP) is 1.98. The Hall–Kier alpha value is -2.11. The number of benzene rings is 1. The van der Waals surface area contributed by atoms with E-state index in [0.29, 0.717) is 12.1 Å². The van der Waals surface area contributed by atoms with Crippen LogP contribution in [0.1, 0.15) is 23.7 Å². The van der Waals surface area contributed by atoms with E-state index in [1.807, 2.05) is 0 Å². The van der Waals surface area contributed by atoms with Gasteiger partial charge in [0.2, 0.25) is 0 Å². The summed E-state index contributed by atoms with van der Waals surface area (Å²) in [5.74, 6) is -1.87. The molecule has 0 saturated carbocycles. The van der Waals surface area contributed by atoms with Crippen LogP contribution in [0.15, 0.2) is 18.2 Å². The molecule has 0 bridgehead atoms. The molecule has 0 aliphatic rings. The molecule has 0 spiro atoms. The molecule has 6 heteroatoms. The van der Waals surface area contributed by atoms with Gasteiger partial charge in [-0.25, -0.2) is 14.0 Å². The minimum atomic E-state index is -0.771. The Balaban J connectivity index is 2.96. The number of hydrogen-bond acceptors (Lipinski definition) is 5. The van der Waals surface area contributed by atoms with Crippen LogP contribution in [-0.2, 0) is 14.3 Å². The molecule has 5 nitrogen and oxygen atoms in total. The largest absolute Gasteiger partial charge is 0.467 e. The standard InChI is InChI=1S/C13H16FNO4/c1-4-11(13(17)19-3)15-8-5-6-10(14)9(7-8)12(16)18-2/h5-7,11,15H,4H2,1-3H3. The van der Waals surface area contributed by atoms with Gasteiger partial charge in [-0.3, -0.25) is 0 Å². The highest BCUT2D eigenvalue weighted by atomic mass is 19.1. The highest BCUT2D eigenvalue weighted by Crippen LogP contribution is 2.17. The van der Waals surface area contributed by atoms with Gasteiger partial charge in [0.25, 0.3) is 0 Å². The number of nitrogens with one attached hydrogen (secondary N) is 1. The second-order valence-corrected chi connectivity index (χ2v) is 3.81. The molecule has 0 amide bonds.